The number of hydrogen-bond donors (Lipinski definition) is 1. The molecule has 21 heavy (non-hydrogen) atoms. The minimum Gasteiger partial charge on any atom is -0.349 e. The van der Waals surface area contributed by atoms with Crippen LogP contribution in [-0.4, -0.2) is 18.1 Å². The monoisotopic (exact) mass is 319 g/mol. The van der Waals surface area contributed by atoms with Gasteiger partial charge in [0.25, 0.3) is 5.91 Å². The molecule has 1 fully saturated rings. The van der Waals surface area contributed by atoms with Crippen LogP contribution in [0.15, 0.2) is 24.3 Å². The third-order valence-corrected chi connectivity index (χ3v) is 4.12. The molecule has 0 bridgehead atoms. The third-order valence-electron chi connectivity index (χ3n) is 3.82. The topological polar surface area (TPSA) is 29.1 Å². The summed E-state index contributed by atoms with van der Waals surface area (Å²) in [6.45, 7) is 0. The third kappa shape index (κ3) is 4.37. The van der Waals surface area contributed by atoms with Crippen molar-refractivity contribution in [2.75, 3.05) is 0 Å². The minimum atomic E-state index is -4.18. The Bertz CT molecular complexity index is 504. The van der Waals surface area contributed by atoms with Crippen molar-refractivity contribution < 1.29 is 18.0 Å². The normalized spacial score (nSPS) is 22.9. The smallest absolute Gasteiger partial charge is 0.349 e. The molecule has 0 aromatic heterocycles. The molecule has 1 aliphatic rings. The molecule has 1 saturated carbocycles. The summed E-state index contributed by atoms with van der Waals surface area (Å²) >= 11 is 5.71. The molecule has 2 unspecified atom stereocenters. The maximum Gasteiger partial charge on any atom is 0.391 e. The second kappa shape index (κ2) is 6.69. The van der Waals surface area contributed by atoms with Gasteiger partial charge in [0.05, 0.1) is 5.92 Å². The van der Waals surface area contributed by atoms with Gasteiger partial charge in [0.15, 0.2) is 0 Å². The summed E-state index contributed by atoms with van der Waals surface area (Å²) in [6.07, 6.45) is -2.99. The first kappa shape index (κ1) is 16.1. The molecular weight excluding hydrogens is 303 g/mol. The Balaban J connectivity index is 1.99. The summed E-state index contributed by atoms with van der Waals surface area (Å²) < 4.78 is 38.2. The van der Waals surface area contributed by atoms with Gasteiger partial charge in [0.2, 0.25) is 0 Å². The van der Waals surface area contributed by atoms with Gasteiger partial charge in [0, 0.05) is 17.5 Å². The van der Waals surface area contributed by atoms with Crippen molar-refractivity contribution in [3.05, 3.63) is 35.4 Å². The molecule has 0 spiro atoms. The fourth-order valence-electron chi connectivity index (χ4n) is 2.68. The molecule has 1 aromatic rings. The SMILES string of the molecule is O=C(NC1CCCC(C(F)(F)F)C1)c1cccc(CCl)c1. The van der Waals surface area contributed by atoms with Crippen molar-refractivity contribution in [1.82, 2.24) is 5.32 Å². The molecule has 2 nitrogen and oxygen atoms in total. The first-order valence-electron chi connectivity index (χ1n) is 6.92. The maximum atomic E-state index is 12.7. The molecule has 1 aromatic carbocycles. The highest BCUT2D eigenvalue weighted by Crippen LogP contribution is 2.37. The van der Waals surface area contributed by atoms with E-state index in [1.807, 2.05) is 0 Å². The van der Waals surface area contributed by atoms with E-state index in [1.165, 1.54) is 0 Å². The highest BCUT2D eigenvalue weighted by Gasteiger charge is 2.42. The van der Waals surface area contributed by atoms with Gasteiger partial charge in [-0.3, -0.25) is 4.79 Å². The molecule has 1 aliphatic carbocycles. The summed E-state index contributed by atoms with van der Waals surface area (Å²) in [6, 6.07) is 6.38. The summed E-state index contributed by atoms with van der Waals surface area (Å²) in [5, 5.41) is 2.71. The van der Waals surface area contributed by atoms with Crippen LogP contribution in [0.25, 0.3) is 0 Å². The molecule has 2 atom stereocenters. The van der Waals surface area contributed by atoms with Gasteiger partial charge in [-0.2, -0.15) is 13.2 Å². The van der Waals surface area contributed by atoms with E-state index in [-0.39, 0.29) is 18.7 Å². The number of amides is 1. The molecule has 116 valence electrons. The molecule has 0 heterocycles. The van der Waals surface area contributed by atoms with Crippen molar-refractivity contribution in [3.8, 4) is 0 Å². The minimum absolute atomic E-state index is 0.0373. The fraction of sp³-hybridized carbons (Fsp3) is 0.533. The zero-order chi connectivity index (χ0) is 15.5. The number of halogens is 4. The zero-order valence-corrected chi connectivity index (χ0v) is 12.2. The van der Waals surface area contributed by atoms with Crippen molar-refractivity contribution >= 4 is 17.5 Å². The van der Waals surface area contributed by atoms with Crippen LogP contribution in [0.2, 0.25) is 0 Å². The van der Waals surface area contributed by atoms with Gasteiger partial charge in [-0.15, -0.1) is 11.6 Å². The number of alkyl halides is 4. The molecule has 0 radical (unpaired) electrons. The van der Waals surface area contributed by atoms with E-state index < -0.39 is 18.1 Å². The van der Waals surface area contributed by atoms with Crippen molar-refractivity contribution in [3.63, 3.8) is 0 Å². The Morgan fingerprint density at radius 3 is 2.76 bits per heavy atom. The Hall–Kier alpha value is -1.23. The zero-order valence-electron chi connectivity index (χ0n) is 11.4. The molecule has 2 rings (SSSR count). The van der Waals surface area contributed by atoms with Gasteiger partial charge >= 0.3 is 6.18 Å². The van der Waals surface area contributed by atoms with Crippen LogP contribution in [0.1, 0.15) is 41.6 Å². The van der Waals surface area contributed by atoms with Crippen LogP contribution < -0.4 is 5.32 Å². The molecule has 1 N–H and O–H groups in total. The number of carbonyl (C=O) groups excluding carboxylic acids is 1. The van der Waals surface area contributed by atoms with Gasteiger partial charge in [-0.1, -0.05) is 18.6 Å². The van der Waals surface area contributed by atoms with Crippen LogP contribution in [0.4, 0.5) is 13.2 Å². The lowest BCUT2D eigenvalue weighted by Gasteiger charge is -2.31. The van der Waals surface area contributed by atoms with Crippen LogP contribution in [0.5, 0.6) is 0 Å². The second-order valence-corrected chi connectivity index (χ2v) is 5.68. The molecule has 0 saturated heterocycles. The molecule has 1 amide bonds. The Kier molecular flexibility index (Phi) is 5.14. The molecular formula is C15H17ClF3NO. The molecule has 6 heteroatoms. The van der Waals surface area contributed by atoms with E-state index in [4.69, 9.17) is 11.6 Å². The Morgan fingerprint density at radius 1 is 1.33 bits per heavy atom. The first-order chi connectivity index (χ1) is 9.90. The van der Waals surface area contributed by atoms with Gasteiger partial charge in [-0.05, 0) is 37.0 Å². The van der Waals surface area contributed by atoms with E-state index in [2.05, 4.69) is 5.32 Å². The standard InChI is InChI=1S/C15H17ClF3NO/c16-9-10-3-1-4-11(7-10)14(21)20-13-6-2-5-12(8-13)15(17,18)19/h1,3-4,7,12-13H,2,5-6,8-9H2,(H,20,21). The quantitative estimate of drug-likeness (QED) is 0.828. The lowest BCUT2D eigenvalue weighted by atomic mass is 9.85. The van der Waals surface area contributed by atoms with Gasteiger partial charge in [0.1, 0.15) is 0 Å². The summed E-state index contributed by atoms with van der Waals surface area (Å²) in [5.41, 5.74) is 1.24. The number of hydrogen-bond acceptors (Lipinski definition) is 1. The van der Waals surface area contributed by atoms with Crippen molar-refractivity contribution in [1.29, 1.82) is 0 Å². The van der Waals surface area contributed by atoms with E-state index in [0.29, 0.717) is 24.3 Å². The van der Waals surface area contributed by atoms with Crippen LogP contribution >= 0.6 is 11.6 Å². The number of carbonyl (C=O) groups is 1. The predicted molar refractivity (Wildman–Crippen MR) is 75.3 cm³/mol. The average Bonchev–Trinajstić information content (AvgIpc) is 2.46. The summed E-state index contributed by atoms with van der Waals surface area (Å²) in [5.74, 6) is -1.36. The maximum absolute atomic E-state index is 12.7. The van der Waals surface area contributed by atoms with Gasteiger partial charge in [-0.25, -0.2) is 0 Å². The number of rotatable bonds is 3. The second-order valence-electron chi connectivity index (χ2n) is 5.41. The predicted octanol–water partition coefficient (Wildman–Crippen LogP) is 4.28. The average molecular weight is 320 g/mol. The van der Waals surface area contributed by atoms with Crippen LogP contribution in [0.3, 0.4) is 0 Å². The van der Waals surface area contributed by atoms with Gasteiger partial charge < -0.3 is 5.32 Å². The molecule has 0 aliphatic heterocycles. The van der Waals surface area contributed by atoms with E-state index in [9.17, 15) is 18.0 Å². The van der Waals surface area contributed by atoms with Crippen LogP contribution in [-0.2, 0) is 5.88 Å². The largest absolute Gasteiger partial charge is 0.391 e. The van der Waals surface area contributed by atoms with Crippen molar-refractivity contribution in [2.45, 2.75) is 43.8 Å². The Labute approximate surface area is 126 Å². The highest BCUT2D eigenvalue weighted by molar-refractivity contribution is 6.17. The first-order valence-corrected chi connectivity index (χ1v) is 7.46. The lowest BCUT2D eigenvalue weighted by Crippen LogP contribution is -2.41. The lowest BCUT2D eigenvalue weighted by molar-refractivity contribution is -0.183. The van der Waals surface area contributed by atoms with Crippen LogP contribution in [0, 0.1) is 5.92 Å². The van der Waals surface area contributed by atoms with E-state index >= 15 is 0 Å². The number of benzene rings is 1. The number of nitrogens with one attached hydrogen (secondary N) is 1. The van der Waals surface area contributed by atoms with E-state index in [0.717, 1.165) is 5.56 Å². The summed E-state index contributed by atoms with van der Waals surface area (Å²) in [4.78, 5) is 12.1. The fourth-order valence-corrected chi connectivity index (χ4v) is 2.85. The Morgan fingerprint density at radius 2 is 2.10 bits per heavy atom. The van der Waals surface area contributed by atoms with E-state index in [1.54, 1.807) is 24.3 Å². The summed E-state index contributed by atoms with van der Waals surface area (Å²) in [7, 11) is 0. The van der Waals surface area contributed by atoms with Crippen molar-refractivity contribution in [2.24, 2.45) is 5.92 Å². The highest BCUT2D eigenvalue weighted by atomic mass is 35.5.